The van der Waals surface area contributed by atoms with Crippen molar-refractivity contribution in [2.75, 3.05) is 0 Å². The van der Waals surface area contributed by atoms with E-state index in [1.54, 1.807) is 6.20 Å². The van der Waals surface area contributed by atoms with Gasteiger partial charge in [0, 0.05) is 5.56 Å². The minimum atomic E-state index is 0.684. The van der Waals surface area contributed by atoms with Crippen LogP contribution in [0.1, 0.15) is 5.76 Å². The summed E-state index contributed by atoms with van der Waals surface area (Å²) in [5.74, 6) is 1.52. The lowest BCUT2D eigenvalue weighted by Crippen LogP contribution is -1.78. The molecule has 0 spiro atoms. The number of nitrogens with zero attached hydrogens (tertiary/aromatic N) is 1. The van der Waals surface area contributed by atoms with Crippen LogP contribution in [0.15, 0.2) is 53.1 Å². The standard InChI is InChI=1S/C14H11NO/c1-10-9-15-14(16-10)13-7-6-11-4-2-3-5-12(11)8-13/h2-9H,1H3. The van der Waals surface area contributed by atoms with Gasteiger partial charge in [-0.2, -0.15) is 0 Å². The molecule has 2 nitrogen and oxygen atoms in total. The first-order valence-electron chi connectivity index (χ1n) is 5.24. The number of fused-ring (bicyclic) bond motifs is 1. The molecule has 0 unspecified atom stereocenters. The number of benzene rings is 2. The van der Waals surface area contributed by atoms with Crippen molar-refractivity contribution in [3.63, 3.8) is 0 Å². The van der Waals surface area contributed by atoms with Crippen LogP contribution in [0.5, 0.6) is 0 Å². The highest BCUT2D eigenvalue weighted by Gasteiger charge is 2.04. The SMILES string of the molecule is Cc1cnc(-c2ccc3ccccc3c2)o1. The number of hydrogen-bond acceptors (Lipinski definition) is 2. The first kappa shape index (κ1) is 9.16. The van der Waals surface area contributed by atoms with E-state index in [9.17, 15) is 0 Å². The van der Waals surface area contributed by atoms with E-state index in [-0.39, 0.29) is 0 Å². The lowest BCUT2D eigenvalue weighted by Gasteiger charge is -1.99. The molecule has 0 amide bonds. The van der Waals surface area contributed by atoms with Gasteiger partial charge < -0.3 is 4.42 Å². The normalized spacial score (nSPS) is 10.8. The van der Waals surface area contributed by atoms with Crippen LogP contribution >= 0.6 is 0 Å². The minimum Gasteiger partial charge on any atom is -0.441 e. The molecule has 0 radical (unpaired) electrons. The molecule has 0 saturated carbocycles. The lowest BCUT2D eigenvalue weighted by molar-refractivity contribution is 0.542. The van der Waals surface area contributed by atoms with Crippen molar-refractivity contribution in [3.8, 4) is 11.5 Å². The van der Waals surface area contributed by atoms with Crippen LogP contribution in [-0.4, -0.2) is 4.98 Å². The highest BCUT2D eigenvalue weighted by Crippen LogP contribution is 2.23. The molecule has 2 aromatic carbocycles. The van der Waals surface area contributed by atoms with Crippen LogP contribution in [0.4, 0.5) is 0 Å². The molecular weight excluding hydrogens is 198 g/mol. The number of aryl methyl sites for hydroxylation is 1. The third-order valence-corrected chi connectivity index (χ3v) is 2.62. The summed E-state index contributed by atoms with van der Waals surface area (Å²) in [5, 5.41) is 2.44. The van der Waals surface area contributed by atoms with Gasteiger partial charge in [-0.05, 0) is 29.8 Å². The van der Waals surface area contributed by atoms with Gasteiger partial charge in [0.05, 0.1) is 6.20 Å². The van der Waals surface area contributed by atoms with E-state index in [2.05, 4.69) is 29.2 Å². The first-order valence-corrected chi connectivity index (χ1v) is 5.24. The molecule has 0 bridgehead atoms. The summed E-state index contributed by atoms with van der Waals surface area (Å²) in [6.45, 7) is 1.90. The van der Waals surface area contributed by atoms with Crippen LogP contribution in [0.3, 0.4) is 0 Å². The molecule has 0 fully saturated rings. The van der Waals surface area contributed by atoms with Gasteiger partial charge >= 0.3 is 0 Å². The predicted octanol–water partition coefficient (Wildman–Crippen LogP) is 3.80. The Hall–Kier alpha value is -2.09. The third-order valence-electron chi connectivity index (χ3n) is 2.62. The molecule has 0 aliphatic heterocycles. The van der Waals surface area contributed by atoms with E-state index < -0.39 is 0 Å². The summed E-state index contributed by atoms with van der Waals surface area (Å²) >= 11 is 0. The van der Waals surface area contributed by atoms with Gasteiger partial charge in [0.15, 0.2) is 0 Å². The van der Waals surface area contributed by atoms with E-state index in [1.807, 2.05) is 25.1 Å². The topological polar surface area (TPSA) is 26.0 Å². The molecule has 2 heteroatoms. The van der Waals surface area contributed by atoms with Gasteiger partial charge in [-0.15, -0.1) is 0 Å². The molecule has 0 saturated heterocycles. The van der Waals surface area contributed by atoms with Crippen molar-refractivity contribution in [2.24, 2.45) is 0 Å². The molecule has 0 atom stereocenters. The molecule has 3 rings (SSSR count). The second-order valence-electron chi connectivity index (χ2n) is 3.84. The molecular formula is C14H11NO. The molecule has 78 valence electrons. The largest absolute Gasteiger partial charge is 0.441 e. The van der Waals surface area contributed by atoms with E-state index in [0.717, 1.165) is 11.3 Å². The zero-order valence-corrected chi connectivity index (χ0v) is 8.97. The molecule has 16 heavy (non-hydrogen) atoms. The Kier molecular flexibility index (Phi) is 2.00. The van der Waals surface area contributed by atoms with Gasteiger partial charge in [0.2, 0.25) is 5.89 Å². The molecule has 0 aliphatic carbocycles. The number of hydrogen-bond donors (Lipinski definition) is 0. The Morgan fingerprint density at radius 3 is 2.56 bits per heavy atom. The summed E-state index contributed by atoms with van der Waals surface area (Å²) in [4.78, 5) is 4.23. The Morgan fingerprint density at radius 1 is 1.00 bits per heavy atom. The maximum absolute atomic E-state index is 5.51. The van der Waals surface area contributed by atoms with Crippen LogP contribution in [0.2, 0.25) is 0 Å². The fourth-order valence-electron chi connectivity index (χ4n) is 1.81. The van der Waals surface area contributed by atoms with E-state index in [0.29, 0.717) is 5.89 Å². The van der Waals surface area contributed by atoms with Crippen molar-refractivity contribution < 1.29 is 4.42 Å². The Labute approximate surface area is 93.5 Å². The summed E-state index contributed by atoms with van der Waals surface area (Å²) in [6.07, 6.45) is 1.74. The summed E-state index contributed by atoms with van der Waals surface area (Å²) < 4.78 is 5.51. The van der Waals surface area contributed by atoms with Crippen molar-refractivity contribution >= 4 is 10.8 Å². The van der Waals surface area contributed by atoms with Crippen molar-refractivity contribution in [1.29, 1.82) is 0 Å². The molecule has 3 aromatic rings. The summed E-state index contributed by atoms with van der Waals surface area (Å²) in [7, 11) is 0. The van der Waals surface area contributed by atoms with Crippen LogP contribution in [0, 0.1) is 6.92 Å². The van der Waals surface area contributed by atoms with Gasteiger partial charge in [-0.25, -0.2) is 4.98 Å². The molecule has 1 aromatic heterocycles. The third kappa shape index (κ3) is 1.48. The number of oxazole rings is 1. The molecule has 0 aliphatic rings. The van der Waals surface area contributed by atoms with Crippen LogP contribution in [0.25, 0.3) is 22.2 Å². The maximum atomic E-state index is 5.51. The van der Waals surface area contributed by atoms with Crippen molar-refractivity contribution in [2.45, 2.75) is 6.92 Å². The summed E-state index contributed by atoms with van der Waals surface area (Å²) in [6, 6.07) is 14.5. The Morgan fingerprint density at radius 2 is 1.81 bits per heavy atom. The zero-order valence-electron chi connectivity index (χ0n) is 8.97. The van der Waals surface area contributed by atoms with Gasteiger partial charge in [-0.3, -0.25) is 0 Å². The fourth-order valence-corrected chi connectivity index (χ4v) is 1.81. The average molecular weight is 209 g/mol. The first-order chi connectivity index (χ1) is 7.83. The van der Waals surface area contributed by atoms with E-state index in [1.165, 1.54) is 10.8 Å². The Balaban J connectivity index is 2.18. The average Bonchev–Trinajstić information content (AvgIpc) is 2.75. The maximum Gasteiger partial charge on any atom is 0.226 e. The highest BCUT2D eigenvalue weighted by atomic mass is 16.4. The van der Waals surface area contributed by atoms with Gasteiger partial charge in [0.1, 0.15) is 5.76 Å². The number of aromatic nitrogens is 1. The lowest BCUT2D eigenvalue weighted by atomic mass is 10.1. The monoisotopic (exact) mass is 209 g/mol. The van der Waals surface area contributed by atoms with E-state index >= 15 is 0 Å². The minimum absolute atomic E-state index is 0.684. The Bertz CT molecular complexity index is 640. The van der Waals surface area contributed by atoms with Gasteiger partial charge in [0.25, 0.3) is 0 Å². The predicted molar refractivity (Wildman–Crippen MR) is 64.2 cm³/mol. The van der Waals surface area contributed by atoms with Crippen molar-refractivity contribution in [1.82, 2.24) is 4.98 Å². The van der Waals surface area contributed by atoms with Crippen LogP contribution in [-0.2, 0) is 0 Å². The quantitative estimate of drug-likeness (QED) is 0.609. The smallest absolute Gasteiger partial charge is 0.226 e. The number of rotatable bonds is 1. The summed E-state index contributed by atoms with van der Waals surface area (Å²) in [5.41, 5.74) is 1.02. The molecule has 1 heterocycles. The fraction of sp³-hybridized carbons (Fsp3) is 0.0714. The second-order valence-corrected chi connectivity index (χ2v) is 3.84. The van der Waals surface area contributed by atoms with Gasteiger partial charge in [-0.1, -0.05) is 30.3 Å². The van der Waals surface area contributed by atoms with Crippen molar-refractivity contribution in [3.05, 3.63) is 54.4 Å². The zero-order chi connectivity index (χ0) is 11.0. The second kappa shape index (κ2) is 3.49. The van der Waals surface area contributed by atoms with Crippen LogP contribution < -0.4 is 0 Å². The van der Waals surface area contributed by atoms with E-state index in [4.69, 9.17) is 4.42 Å². The highest BCUT2D eigenvalue weighted by molar-refractivity contribution is 5.86. The molecule has 0 N–H and O–H groups in total.